The van der Waals surface area contributed by atoms with Crippen molar-refractivity contribution in [3.05, 3.63) is 24.3 Å². The van der Waals surface area contributed by atoms with Crippen LogP contribution in [0.2, 0.25) is 0 Å². The fourth-order valence-electron chi connectivity index (χ4n) is 11.8. The molecule has 0 amide bonds. The Morgan fingerprint density at radius 1 is 0.241 bits per heavy atom. The highest BCUT2D eigenvalue weighted by Crippen LogP contribution is 2.19. The molecule has 1 unspecified atom stereocenters. The van der Waals surface area contributed by atoms with Crippen LogP contribution in [0.3, 0.4) is 0 Å². The average molecular weight is 1170 g/mol. The lowest BCUT2D eigenvalue weighted by molar-refractivity contribution is -0.167. The van der Waals surface area contributed by atoms with E-state index in [0.717, 1.165) is 64.2 Å². The van der Waals surface area contributed by atoms with Crippen LogP contribution in [0, 0.1) is 0 Å². The maximum atomic E-state index is 12.9. The maximum Gasteiger partial charge on any atom is 0.306 e. The molecule has 6 nitrogen and oxygen atoms in total. The minimum atomic E-state index is -0.765. The van der Waals surface area contributed by atoms with Gasteiger partial charge in [0.05, 0.1) is 0 Å². The third kappa shape index (κ3) is 70.5. The summed E-state index contributed by atoms with van der Waals surface area (Å²) in [5.74, 6) is -0.825. The van der Waals surface area contributed by atoms with Gasteiger partial charge >= 0.3 is 17.9 Å². The summed E-state index contributed by atoms with van der Waals surface area (Å²) in [7, 11) is 0. The summed E-state index contributed by atoms with van der Waals surface area (Å²) in [6.45, 7) is 6.72. The number of hydrogen-bond donors (Lipinski definition) is 0. The smallest absolute Gasteiger partial charge is 0.306 e. The van der Waals surface area contributed by atoms with Gasteiger partial charge in [0.2, 0.25) is 0 Å². The van der Waals surface area contributed by atoms with E-state index in [9.17, 15) is 14.4 Å². The van der Waals surface area contributed by atoms with Crippen molar-refractivity contribution in [1.82, 2.24) is 0 Å². The SMILES string of the molecule is CCCCCCC/C=C\C/C=C\CCCCCCCCCCCCCCCCCCCCCCCCCC(=O)OCC(COC(=O)CCCCCCCCCCCCCCC)OC(=O)CCCCCCCCCCCCCCCCCCC. The zero-order valence-electron chi connectivity index (χ0n) is 56.5. The highest BCUT2D eigenvalue weighted by molar-refractivity contribution is 5.71. The molecule has 0 aliphatic carbocycles. The molecule has 490 valence electrons. The summed E-state index contributed by atoms with van der Waals surface area (Å²) in [6.07, 6.45) is 89.5. The van der Waals surface area contributed by atoms with Crippen LogP contribution in [0.25, 0.3) is 0 Å². The van der Waals surface area contributed by atoms with Gasteiger partial charge in [-0.05, 0) is 51.4 Å². The topological polar surface area (TPSA) is 78.9 Å². The summed E-state index contributed by atoms with van der Waals surface area (Å²) < 4.78 is 17.0. The van der Waals surface area contributed by atoms with Gasteiger partial charge in [0.15, 0.2) is 6.10 Å². The van der Waals surface area contributed by atoms with Crippen molar-refractivity contribution < 1.29 is 28.6 Å². The number of carbonyl (C=O) groups excluding carboxylic acids is 3. The molecule has 0 aliphatic rings. The van der Waals surface area contributed by atoms with Crippen molar-refractivity contribution in [2.24, 2.45) is 0 Å². The third-order valence-corrected chi connectivity index (χ3v) is 17.5. The second kappa shape index (κ2) is 72.4. The molecule has 0 fully saturated rings. The van der Waals surface area contributed by atoms with E-state index in [-0.39, 0.29) is 31.1 Å². The fourth-order valence-corrected chi connectivity index (χ4v) is 11.8. The summed E-state index contributed by atoms with van der Waals surface area (Å²) in [6, 6.07) is 0. The summed E-state index contributed by atoms with van der Waals surface area (Å²) in [5.41, 5.74) is 0. The van der Waals surface area contributed by atoms with Crippen molar-refractivity contribution in [2.75, 3.05) is 13.2 Å². The van der Waals surface area contributed by atoms with Crippen molar-refractivity contribution in [2.45, 2.75) is 438 Å². The van der Waals surface area contributed by atoms with Gasteiger partial charge < -0.3 is 14.2 Å². The number of allylic oxidation sites excluding steroid dienone is 4. The Morgan fingerprint density at radius 3 is 0.663 bits per heavy atom. The van der Waals surface area contributed by atoms with Gasteiger partial charge in [-0.3, -0.25) is 14.4 Å². The molecule has 0 saturated carbocycles. The molecule has 0 aromatic rings. The zero-order chi connectivity index (χ0) is 59.9. The van der Waals surface area contributed by atoms with Gasteiger partial charge in [-0.15, -0.1) is 0 Å². The lowest BCUT2D eigenvalue weighted by Crippen LogP contribution is -2.30. The maximum absolute atomic E-state index is 12.9. The van der Waals surface area contributed by atoms with E-state index in [2.05, 4.69) is 45.1 Å². The van der Waals surface area contributed by atoms with E-state index in [1.807, 2.05) is 0 Å². The number of ether oxygens (including phenoxy) is 3. The van der Waals surface area contributed by atoms with Crippen molar-refractivity contribution in [3.63, 3.8) is 0 Å². The second-order valence-electron chi connectivity index (χ2n) is 25.9. The monoisotopic (exact) mass is 1170 g/mol. The van der Waals surface area contributed by atoms with Crippen molar-refractivity contribution in [1.29, 1.82) is 0 Å². The average Bonchev–Trinajstić information content (AvgIpc) is 3.49. The van der Waals surface area contributed by atoms with Crippen molar-refractivity contribution in [3.8, 4) is 0 Å². The molecule has 0 bridgehead atoms. The first kappa shape index (κ1) is 80.9. The second-order valence-corrected chi connectivity index (χ2v) is 25.9. The summed E-state index contributed by atoms with van der Waals surface area (Å²) >= 11 is 0. The number of carbonyl (C=O) groups is 3. The molecular formula is C77H146O6. The van der Waals surface area contributed by atoms with E-state index in [0.29, 0.717) is 19.3 Å². The molecule has 0 aliphatic heterocycles. The van der Waals surface area contributed by atoms with Crippen molar-refractivity contribution >= 4 is 17.9 Å². The molecule has 0 heterocycles. The molecule has 0 N–H and O–H groups in total. The Labute approximate surface area is 519 Å². The number of esters is 3. The van der Waals surface area contributed by atoms with Crippen LogP contribution < -0.4 is 0 Å². The minimum absolute atomic E-state index is 0.0623. The van der Waals surface area contributed by atoms with Gasteiger partial charge in [0.25, 0.3) is 0 Å². The standard InChI is InChI=1S/C77H146O6/c1-4-7-10-13-16-19-22-25-27-29-30-31-32-33-34-35-36-37-38-39-40-41-42-43-44-45-46-48-49-52-55-58-61-64-67-70-76(79)82-73-74(72-81-75(78)69-66-63-60-57-54-51-24-21-18-15-12-9-6-3)83-77(80)71-68-65-62-59-56-53-50-47-28-26-23-20-17-14-11-8-5-2/h22,25,29-30,74H,4-21,23-24,26-28,31-73H2,1-3H3/b25-22-,30-29-. The molecule has 0 aromatic heterocycles. The van der Waals surface area contributed by atoms with Crippen LogP contribution in [-0.4, -0.2) is 37.2 Å². The molecule has 0 saturated heterocycles. The predicted molar refractivity (Wildman–Crippen MR) is 363 cm³/mol. The quantitative estimate of drug-likeness (QED) is 0.0261. The number of unbranched alkanes of at least 4 members (excludes halogenated alkanes) is 56. The molecule has 0 radical (unpaired) electrons. The van der Waals surface area contributed by atoms with Gasteiger partial charge in [-0.1, -0.05) is 385 Å². The Morgan fingerprint density at radius 2 is 0.434 bits per heavy atom. The van der Waals surface area contributed by atoms with Crippen LogP contribution in [-0.2, 0) is 28.6 Å². The minimum Gasteiger partial charge on any atom is -0.462 e. The van der Waals surface area contributed by atoms with E-state index < -0.39 is 6.10 Å². The molecular weight excluding hydrogens is 1020 g/mol. The first-order valence-electron chi connectivity index (χ1n) is 37.8. The Kier molecular flexibility index (Phi) is 70.5. The van der Waals surface area contributed by atoms with Gasteiger partial charge in [-0.2, -0.15) is 0 Å². The summed E-state index contributed by atoms with van der Waals surface area (Å²) in [5, 5.41) is 0. The number of rotatable bonds is 71. The fraction of sp³-hybridized carbons (Fsp3) is 0.909. The Bertz CT molecular complexity index is 1340. The highest BCUT2D eigenvalue weighted by atomic mass is 16.6. The van der Waals surface area contributed by atoms with Gasteiger partial charge in [0, 0.05) is 19.3 Å². The zero-order valence-corrected chi connectivity index (χ0v) is 56.5. The molecule has 0 spiro atoms. The Hall–Kier alpha value is -2.11. The predicted octanol–water partition coefficient (Wildman–Crippen LogP) is 26.1. The molecule has 6 heteroatoms. The Balaban J connectivity index is 4.05. The largest absolute Gasteiger partial charge is 0.462 e. The molecule has 83 heavy (non-hydrogen) atoms. The normalized spacial score (nSPS) is 12.1. The molecule has 1 atom stereocenters. The van der Waals surface area contributed by atoms with E-state index >= 15 is 0 Å². The van der Waals surface area contributed by atoms with E-state index in [1.165, 1.54) is 327 Å². The lowest BCUT2D eigenvalue weighted by Gasteiger charge is -2.18. The summed E-state index contributed by atoms with van der Waals surface area (Å²) in [4.78, 5) is 38.4. The van der Waals surface area contributed by atoms with Crippen LogP contribution in [0.5, 0.6) is 0 Å². The first-order valence-corrected chi connectivity index (χ1v) is 37.8. The van der Waals surface area contributed by atoms with Crippen LogP contribution in [0.4, 0.5) is 0 Å². The number of hydrogen-bond acceptors (Lipinski definition) is 6. The molecule has 0 aromatic carbocycles. The van der Waals surface area contributed by atoms with Crippen LogP contribution >= 0.6 is 0 Å². The highest BCUT2D eigenvalue weighted by Gasteiger charge is 2.20. The van der Waals surface area contributed by atoms with Gasteiger partial charge in [0.1, 0.15) is 13.2 Å². The van der Waals surface area contributed by atoms with Gasteiger partial charge in [-0.25, -0.2) is 0 Å². The van der Waals surface area contributed by atoms with Crippen LogP contribution in [0.1, 0.15) is 432 Å². The molecule has 0 rings (SSSR count). The first-order chi connectivity index (χ1) is 41.0. The van der Waals surface area contributed by atoms with Crippen LogP contribution in [0.15, 0.2) is 24.3 Å². The van der Waals surface area contributed by atoms with E-state index in [4.69, 9.17) is 14.2 Å². The lowest BCUT2D eigenvalue weighted by atomic mass is 10.0. The van der Waals surface area contributed by atoms with E-state index in [1.54, 1.807) is 0 Å². The third-order valence-electron chi connectivity index (χ3n) is 17.5.